The molecule has 1 heterocycles. The molecule has 3 aromatic rings. The van der Waals surface area contributed by atoms with Crippen molar-refractivity contribution in [2.75, 3.05) is 6.61 Å². The van der Waals surface area contributed by atoms with Crippen molar-refractivity contribution in [3.05, 3.63) is 76.2 Å². The number of hydrogen-bond donors (Lipinski definition) is 0. The third-order valence-electron chi connectivity index (χ3n) is 3.61. The molecule has 0 unspecified atom stereocenters. The molecule has 1 aromatic heterocycles. The standard InChI is InChI=1S/C19H16N2O6/c1-2-25-17-9-8-14(10-16(17)21(23)24)19(22)27-12-15-11-26-18(20-15)13-6-4-3-5-7-13/h3-11H,2,12H2,1H3. The number of nitro groups is 1. The molecule has 138 valence electrons. The molecular formula is C19H16N2O6. The van der Waals surface area contributed by atoms with Gasteiger partial charge in [0.25, 0.3) is 0 Å². The molecule has 0 saturated carbocycles. The number of nitrogens with zero attached hydrogens (tertiary/aromatic N) is 2. The molecule has 8 nitrogen and oxygen atoms in total. The first-order valence-electron chi connectivity index (χ1n) is 8.16. The minimum absolute atomic E-state index is 0.0527. The number of oxazole rings is 1. The lowest BCUT2D eigenvalue weighted by molar-refractivity contribution is -0.385. The molecule has 0 aliphatic rings. The summed E-state index contributed by atoms with van der Waals surface area (Å²) in [6.45, 7) is 1.88. The van der Waals surface area contributed by atoms with E-state index in [9.17, 15) is 14.9 Å². The Labute approximate surface area is 154 Å². The average molecular weight is 368 g/mol. The van der Waals surface area contributed by atoms with Crippen molar-refractivity contribution in [1.82, 2.24) is 4.98 Å². The van der Waals surface area contributed by atoms with Gasteiger partial charge in [0.15, 0.2) is 5.75 Å². The van der Waals surface area contributed by atoms with Crippen molar-refractivity contribution in [1.29, 1.82) is 0 Å². The number of benzene rings is 2. The highest BCUT2D eigenvalue weighted by Crippen LogP contribution is 2.28. The first-order valence-corrected chi connectivity index (χ1v) is 8.16. The van der Waals surface area contributed by atoms with Crippen LogP contribution in [0.1, 0.15) is 23.0 Å². The summed E-state index contributed by atoms with van der Waals surface area (Å²) in [6, 6.07) is 13.2. The van der Waals surface area contributed by atoms with Crippen LogP contribution in [0.25, 0.3) is 11.5 Å². The summed E-state index contributed by atoms with van der Waals surface area (Å²) >= 11 is 0. The van der Waals surface area contributed by atoms with E-state index >= 15 is 0 Å². The second-order valence-corrected chi connectivity index (χ2v) is 5.46. The van der Waals surface area contributed by atoms with Crippen LogP contribution in [-0.2, 0) is 11.3 Å². The lowest BCUT2D eigenvalue weighted by Gasteiger charge is -2.06. The fraction of sp³-hybridized carbons (Fsp3) is 0.158. The molecule has 0 saturated heterocycles. The second kappa shape index (κ2) is 8.13. The maximum atomic E-state index is 12.2. The van der Waals surface area contributed by atoms with Crippen LogP contribution < -0.4 is 4.74 Å². The van der Waals surface area contributed by atoms with Crippen molar-refractivity contribution >= 4 is 11.7 Å². The molecular weight excluding hydrogens is 352 g/mol. The molecule has 0 atom stereocenters. The van der Waals surface area contributed by atoms with Crippen molar-refractivity contribution in [3.8, 4) is 17.2 Å². The maximum absolute atomic E-state index is 12.2. The number of nitro benzene ring substituents is 1. The third-order valence-corrected chi connectivity index (χ3v) is 3.61. The number of carbonyl (C=O) groups is 1. The molecule has 0 bridgehead atoms. The Morgan fingerprint density at radius 3 is 2.70 bits per heavy atom. The van der Waals surface area contributed by atoms with E-state index in [1.54, 1.807) is 6.92 Å². The molecule has 0 spiro atoms. The second-order valence-electron chi connectivity index (χ2n) is 5.46. The Kier molecular flexibility index (Phi) is 5.46. The predicted octanol–water partition coefficient (Wildman–Crippen LogP) is 4.01. The molecule has 8 heteroatoms. The summed E-state index contributed by atoms with van der Waals surface area (Å²) in [7, 11) is 0. The Balaban J connectivity index is 1.68. The van der Waals surface area contributed by atoms with Crippen LogP contribution in [0.5, 0.6) is 5.75 Å². The molecule has 2 aromatic carbocycles. The quantitative estimate of drug-likeness (QED) is 0.352. The SMILES string of the molecule is CCOc1ccc(C(=O)OCc2coc(-c3ccccc3)n2)cc1[N+](=O)[O-]. The third kappa shape index (κ3) is 4.30. The van der Waals surface area contributed by atoms with Crippen LogP contribution in [0.2, 0.25) is 0 Å². The van der Waals surface area contributed by atoms with Crippen LogP contribution >= 0.6 is 0 Å². The van der Waals surface area contributed by atoms with E-state index in [-0.39, 0.29) is 30.2 Å². The van der Waals surface area contributed by atoms with Crippen molar-refractivity contribution < 1.29 is 23.6 Å². The lowest BCUT2D eigenvalue weighted by atomic mass is 10.2. The van der Waals surface area contributed by atoms with Gasteiger partial charge >= 0.3 is 11.7 Å². The Bertz CT molecular complexity index is 952. The Hall–Kier alpha value is -3.68. The summed E-state index contributed by atoms with van der Waals surface area (Å²) in [6.07, 6.45) is 1.40. The fourth-order valence-electron chi connectivity index (χ4n) is 2.37. The zero-order valence-corrected chi connectivity index (χ0v) is 14.5. The monoisotopic (exact) mass is 368 g/mol. The highest BCUT2D eigenvalue weighted by atomic mass is 16.6. The van der Waals surface area contributed by atoms with Crippen LogP contribution in [0.15, 0.2) is 59.2 Å². The van der Waals surface area contributed by atoms with Gasteiger partial charge in [-0.3, -0.25) is 10.1 Å². The Morgan fingerprint density at radius 2 is 2.00 bits per heavy atom. The maximum Gasteiger partial charge on any atom is 0.338 e. The van der Waals surface area contributed by atoms with Gasteiger partial charge in [-0.25, -0.2) is 9.78 Å². The van der Waals surface area contributed by atoms with E-state index in [4.69, 9.17) is 13.9 Å². The lowest BCUT2D eigenvalue weighted by Crippen LogP contribution is -2.07. The molecule has 0 aliphatic heterocycles. The van der Waals surface area contributed by atoms with E-state index in [0.717, 1.165) is 11.6 Å². The molecule has 0 radical (unpaired) electrons. The molecule has 0 amide bonds. The normalized spacial score (nSPS) is 10.4. The zero-order chi connectivity index (χ0) is 19.2. The molecule has 0 fully saturated rings. The number of ether oxygens (including phenoxy) is 2. The summed E-state index contributed by atoms with van der Waals surface area (Å²) < 4.78 is 15.7. The summed E-state index contributed by atoms with van der Waals surface area (Å²) in [5.74, 6) is -0.188. The van der Waals surface area contributed by atoms with Gasteiger partial charge < -0.3 is 13.9 Å². The summed E-state index contributed by atoms with van der Waals surface area (Å²) in [5.41, 5.74) is 0.996. The van der Waals surface area contributed by atoms with E-state index in [1.165, 1.54) is 18.4 Å². The molecule has 0 aliphatic carbocycles. The van der Waals surface area contributed by atoms with Crippen LogP contribution in [-0.4, -0.2) is 22.5 Å². The van der Waals surface area contributed by atoms with Gasteiger partial charge in [0.2, 0.25) is 5.89 Å². The predicted molar refractivity (Wildman–Crippen MR) is 95.3 cm³/mol. The van der Waals surface area contributed by atoms with Gasteiger partial charge in [-0.15, -0.1) is 0 Å². The van der Waals surface area contributed by atoms with Crippen molar-refractivity contribution in [3.63, 3.8) is 0 Å². The molecule has 27 heavy (non-hydrogen) atoms. The first-order chi connectivity index (χ1) is 13.1. The number of rotatable bonds is 7. The first kappa shape index (κ1) is 18.1. The van der Waals surface area contributed by atoms with Crippen molar-refractivity contribution in [2.45, 2.75) is 13.5 Å². The number of esters is 1. The largest absolute Gasteiger partial charge is 0.487 e. The van der Waals surface area contributed by atoms with E-state index in [1.807, 2.05) is 30.3 Å². The minimum Gasteiger partial charge on any atom is -0.487 e. The van der Waals surface area contributed by atoms with E-state index in [0.29, 0.717) is 11.6 Å². The molecule has 3 rings (SSSR count). The minimum atomic E-state index is -0.703. The van der Waals surface area contributed by atoms with Gasteiger partial charge in [0, 0.05) is 11.6 Å². The van der Waals surface area contributed by atoms with E-state index < -0.39 is 10.9 Å². The van der Waals surface area contributed by atoms with Gasteiger partial charge in [0.05, 0.1) is 17.1 Å². The summed E-state index contributed by atoms with van der Waals surface area (Å²) in [4.78, 5) is 27.0. The number of hydrogen-bond acceptors (Lipinski definition) is 7. The average Bonchev–Trinajstić information content (AvgIpc) is 3.16. The summed E-state index contributed by atoms with van der Waals surface area (Å²) in [5, 5.41) is 11.1. The van der Waals surface area contributed by atoms with Gasteiger partial charge in [0.1, 0.15) is 18.6 Å². The highest BCUT2D eigenvalue weighted by Gasteiger charge is 2.19. The molecule has 0 N–H and O–H groups in total. The van der Waals surface area contributed by atoms with Crippen LogP contribution in [0, 0.1) is 10.1 Å². The van der Waals surface area contributed by atoms with Crippen molar-refractivity contribution in [2.24, 2.45) is 0 Å². The van der Waals surface area contributed by atoms with E-state index in [2.05, 4.69) is 4.98 Å². The van der Waals surface area contributed by atoms with Crippen LogP contribution in [0.3, 0.4) is 0 Å². The van der Waals surface area contributed by atoms with Gasteiger partial charge in [-0.2, -0.15) is 0 Å². The smallest absolute Gasteiger partial charge is 0.338 e. The number of carbonyl (C=O) groups excluding carboxylic acids is 1. The van der Waals surface area contributed by atoms with Gasteiger partial charge in [-0.1, -0.05) is 18.2 Å². The Morgan fingerprint density at radius 1 is 1.22 bits per heavy atom. The highest BCUT2D eigenvalue weighted by molar-refractivity contribution is 5.90. The van der Waals surface area contributed by atoms with Gasteiger partial charge in [-0.05, 0) is 31.2 Å². The fourth-order valence-corrected chi connectivity index (χ4v) is 2.37. The van der Waals surface area contributed by atoms with Crippen LogP contribution in [0.4, 0.5) is 5.69 Å². The zero-order valence-electron chi connectivity index (χ0n) is 14.5. The number of aromatic nitrogens is 1. The topological polar surface area (TPSA) is 105 Å².